The zero-order chi connectivity index (χ0) is 7.40. The predicted octanol–water partition coefficient (Wildman–Crippen LogP) is 1.29. The molecule has 0 amide bonds. The van der Waals surface area contributed by atoms with Gasteiger partial charge in [0.1, 0.15) is 0 Å². The minimum absolute atomic E-state index is 0.0108. The van der Waals surface area contributed by atoms with Crippen LogP contribution in [0.5, 0.6) is 0 Å². The van der Waals surface area contributed by atoms with Gasteiger partial charge in [0.25, 0.3) is 0 Å². The maximum absolute atomic E-state index is 10.7. The number of ether oxygens (including phenoxy) is 1. The molecule has 0 bridgehead atoms. The third-order valence-corrected chi connectivity index (χ3v) is 12.2. The SMILES string of the molecule is [CH3][Sn]1[CH2]COC(=O)CC[S]1. The molecular formula is C6H11O2SSn. The molecule has 0 saturated carbocycles. The fourth-order valence-corrected chi connectivity index (χ4v) is 8.29. The van der Waals surface area contributed by atoms with Crippen LogP contribution in [0.1, 0.15) is 6.42 Å². The second-order valence-electron chi connectivity index (χ2n) is 2.27. The van der Waals surface area contributed by atoms with Crippen LogP contribution < -0.4 is 0 Å². The molecule has 1 rings (SSSR count). The van der Waals surface area contributed by atoms with Gasteiger partial charge in [-0.25, -0.2) is 0 Å². The van der Waals surface area contributed by atoms with Crippen molar-refractivity contribution in [3.8, 4) is 0 Å². The number of hydrogen-bond acceptors (Lipinski definition) is 3. The van der Waals surface area contributed by atoms with Gasteiger partial charge >= 0.3 is 71.0 Å². The molecule has 1 fully saturated rings. The molecule has 57 valence electrons. The second-order valence-corrected chi connectivity index (χ2v) is 15.5. The van der Waals surface area contributed by atoms with Gasteiger partial charge in [-0.3, -0.25) is 0 Å². The summed E-state index contributed by atoms with van der Waals surface area (Å²) in [6.45, 7) is 0.692. The molecule has 0 spiro atoms. The Balaban J connectivity index is 2.27. The van der Waals surface area contributed by atoms with Crippen LogP contribution in [-0.2, 0) is 9.53 Å². The van der Waals surface area contributed by atoms with Crippen molar-refractivity contribution in [1.29, 1.82) is 0 Å². The number of carbonyl (C=O) groups is 1. The molecule has 0 aromatic rings. The van der Waals surface area contributed by atoms with Crippen LogP contribution in [0, 0.1) is 0 Å². The molecule has 1 aliphatic heterocycles. The van der Waals surface area contributed by atoms with Crippen molar-refractivity contribution in [2.75, 3.05) is 12.4 Å². The summed E-state index contributed by atoms with van der Waals surface area (Å²) in [6.07, 6.45) is 0.628. The molecule has 2 nitrogen and oxygen atoms in total. The molecule has 1 heterocycles. The van der Waals surface area contributed by atoms with Gasteiger partial charge in [0.15, 0.2) is 0 Å². The summed E-state index contributed by atoms with van der Waals surface area (Å²) in [6, 6.07) is 0. The van der Waals surface area contributed by atoms with Gasteiger partial charge < -0.3 is 0 Å². The van der Waals surface area contributed by atoms with Crippen molar-refractivity contribution in [2.24, 2.45) is 0 Å². The molecule has 0 aromatic carbocycles. The summed E-state index contributed by atoms with van der Waals surface area (Å²) < 4.78 is 6.14. The Labute approximate surface area is 70.9 Å². The zero-order valence-electron chi connectivity index (χ0n) is 6.05. The average Bonchev–Trinajstić information content (AvgIpc) is 1.84. The number of hydrogen-bond donors (Lipinski definition) is 0. The van der Waals surface area contributed by atoms with E-state index in [1.54, 1.807) is 0 Å². The van der Waals surface area contributed by atoms with E-state index in [-0.39, 0.29) is 5.97 Å². The van der Waals surface area contributed by atoms with Crippen molar-refractivity contribution < 1.29 is 9.53 Å². The fraction of sp³-hybridized carbons (Fsp3) is 0.833. The first-order valence-electron chi connectivity index (χ1n) is 3.40. The van der Waals surface area contributed by atoms with Crippen LogP contribution in [0.2, 0.25) is 9.38 Å². The van der Waals surface area contributed by atoms with Gasteiger partial charge in [-0.1, -0.05) is 0 Å². The quantitative estimate of drug-likeness (QED) is 0.488. The summed E-state index contributed by atoms with van der Waals surface area (Å²) in [5.41, 5.74) is 0. The van der Waals surface area contributed by atoms with E-state index in [0.717, 1.165) is 5.75 Å². The number of esters is 1. The third-order valence-electron chi connectivity index (χ3n) is 1.37. The summed E-state index contributed by atoms with van der Waals surface area (Å²) in [5, 5.41) is 0. The first-order valence-corrected chi connectivity index (χ1v) is 12.8. The molecule has 0 aliphatic carbocycles. The normalized spacial score (nSPS) is 23.1. The Morgan fingerprint density at radius 3 is 3.30 bits per heavy atom. The molecule has 1 radical (unpaired) electrons. The predicted molar refractivity (Wildman–Crippen MR) is 44.5 cm³/mol. The molecule has 1 aliphatic rings. The fourth-order valence-electron chi connectivity index (χ4n) is 0.762. The van der Waals surface area contributed by atoms with E-state index in [1.807, 2.05) is 0 Å². The maximum atomic E-state index is 10.7. The van der Waals surface area contributed by atoms with Gasteiger partial charge in [-0.05, 0) is 0 Å². The first kappa shape index (κ1) is 8.71. The molecular weight excluding hydrogens is 255 g/mol. The molecule has 10 heavy (non-hydrogen) atoms. The zero-order valence-corrected chi connectivity index (χ0v) is 9.72. The monoisotopic (exact) mass is 267 g/mol. The van der Waals surface area contributed by atoms with E-state index >= 15 is 0 Å². The van der Waals surface area contributed by atoms with E-state index < -0.39 is 18.4 Å². The minimum atomic E-state index is -1.06. The molecule has 0 atom stereocenters. The Hall–Kier alpha value is 0.619. The molecule has 4 heteroatoms. The van der Waals surface area contributed by atoms with Crippen LogP contribution in [0.15, 0.2) is 0 Å². The standard InChI is InChI=1S/C5H9O2S.CH3.Sn/c1-2-7-5(6)3-4-8;;/h8H,1-4H2;1H3;/q;;+1/p-1. The Bertz CT molecular complexity index is 117. The Morgan fingerprint density at radius 1 is 1.70 bits per heavy atom. The van der Waals surface area contributed by atoms with E-state index in [1.165, 1.54) is 4.44 Å². The Kier molecular flexibility index (Phi) is 3.91. The average molecular weight is 266 g/mol. The van der Waals surface area contributed by atoms with Crippen molar-refractivity contribution in [1.82, 2.24) is 0 Å². The summed E-state index contributed by atoms with van der Waals surface area (Å²) in [4.78, 5) is 13.1. The van der Waals surface area contributed by atoms with Crippen LogP contribution in [-0.4, -0.2) is 36.7 Å². The van der Waals surface area contributed by atoms with Crippen LogP contribution >= 0.6 is 8.95 Å². The number of cyclic esters (lactones) is 1. The number of carbonyl (C=O) groups excluding carboxylic acids is 1. The molecule has 0 unspecified atom stereocenters. The van der Waals surface area contributed by atoms with Crippen LogP contribution in [0.25, 0.3) is 0 Å². The number of rotatable bonds is 0. The van der Waals surface area contributed by atoms with Crippen molar-refractivity contribution in [2.45, 2.75) is 15.8 Å². The summed E-state index contributed by atoms with van der Waals surface area (Å²) >= 11 is -1.06. The molecule has 1 saturated heterocycles. The van der Waals surface area contributed by atoms with Gasteiger partial charge in [0, 0.05) is 0 Å². The van der Waals surface area contributed by atoms with E-state index in [0.29, 0.717) is 13.0 Å². The van der Waals surface area contributed by atoms with Gasteiger partial charge in [-0.15, -0.1) is 0 Å². The van der Waals surface area contributed by atoms with E-state index in [2.05, 4.69) is 13.9 Å². The van der Waals surface area contributed by atoms with Gasteiger partial charge in [-0.2, -0.15) is 0 Å². The van der Waals surface area contributed by atoms with Gasteiger partial charge in [0.05, 0.1) is 0 Å². The molecule has 0 N–H and O–H groups in total. The van der Waals surface area contributed by atoms with E-state index in [9.17, 15) is 4.79 Å². The second kappa shape index (κ2) is 4.49. The summed E-state index contributed by atoms with van der Waals surface area (Å²) in [5.74, 6) is 0.993. The summed E-state index contributed by atoms with van der Waals surface area (Å²) in [7, 11) is 2.05. The third kappa shape index (κ3) is 3.14. The van der Waals surface area contributed by atoms with Crippen LogP contribution in [0.4, 0.5) is 0 Å². The van der Waals surface area contributed by atoms with Crippen molar-refractivity contribution in [3.63, 3.8) is 0 Å². The van der Waals surface area contributed by atoms with E-state index in [4.69, 9.17) is 4.74 Å². The Morgan fingerprint density at radius 2 is 2.50 bits per heavy atom. The topological polar surface area (TPSA) is 26.3 Å². The molecule has 0 aromatic heterocycles. The first-order chi connectivity index (χ1) is 4.79. The van der Waals surface area contributed by atoms with Crippen LogP contribution in [0.3, 0.4) is 0 Å². The van der Waals surface area contributed by atoms with Crippen molar-refractivity contribution in [3.05, 3.63) is 0 Å². The van der Waals surface area contributed by atoms with Crippen molar-refractivity contribution >= 4 is 33.3 Å². The van der Waals surface area contributed by atoms with Gasteiger partial charge in [0.2, 0.25) is 0 Å².